The molecule has 26 heavy (non-hydrogen) atoms. The van der Waals surface area contributed by atoms with Crippen molar-refractivity contribution in [3.8, 4) is 17.3 Å². The summed E-state index contributed by atoms with van der Waals surface area (Å²) in [5, 5.41) is 4.08. The van der Waals surface area contributed by atoms with Crippen LogP contribution in [0.2, 0.25) is 0 Å². The maximum Gasteiger partial charge on any atom is 0.278 e. The van der Waals surface area contributed by atoms with Gasteiger partial charge in [-0.2, -0.15) is 4.98 Å². The van der Waals surface area contributed by atoms with E-state index in [9.17, 15) is 0 Å². The number of methoxy groups -OCH3 is 1. The normalized spacial score (nSPS) is 17.2. The SMILES string of the molecule is COc1ccc(C2Cn3cnc(-c4nc(C(C)(C)C)no4)c3CO2)cc1. The molecule has 2 aromatic heterocycles. The smallest absolute Gasteiger partial charge is 0.278 e. The van der Waals surface area contributed by atoms with E-state index in [0.29, 0.717) is 30.6 Å². The number of fused-ring (bicyclic) bond motifs is 1. The molecule has 0 fully saturated rings. The number of hydrogen-bond acceptors (Lipinski definition) is 6. The fourth-order valence-corrected chi connectivity index (χ4v) is 2.95. The minimum absolute atomic E-state index is 0.0247. The molecule has 1 aliphatic heterocycles. The first-order valence-electron chi connectivity index (χ1n) is 8.60. The first-order chi connectivity index (χ1) is 12.5. The quantitative estimate of drug-likeness (QED) is 0.716. The lowest BCUT2D eigenvalue weighted by Gasteiger charge is -2.25. The molecule has 1 aromatic carbocycles. The van der Waals surface area contributed by atoms with Crippen LogP contribution in [0.3, 0.4) is 0 Å². The summed E-state index contributed by atoms with van der Waals surface area (Å²) in [5.41, 5.74) is 2.59. The summed E-state index contributed by atoms with van der Waals surface area (Å²) in [6.45, 7) is 7.28. The molecular weight excluding hydrogens is 332 g/mol. The summed E-state index contributed by atoms with van der Waals surface area (Å²) < 4.78 is 18.8. The van der Waals surface area contributed by atoms with Crippen LogP contribution in [0, 0.1) is 0 Å². The fraction of sp³-hybridized carbons (Fsp3) is 0.421. The number of aromatic nitrogens is 4. The third kappa shape index (κ3) is 2.99. The van der Waals surface area contributed by atoms with E-state index < -0.39 is 0 Å². The Morgan fingerprint density at radius 2 is 1.96 bits per heavy atom. The Balaban J connectivity index is 1.57. The van der Waals surface area contributed by atoms with Crippen LogP contribution in [0.4, 0.5) is 0 Å². The van der Waals surface area contributed by atoms with Crippen LogP contribution in [0.25, 0.3) is 11.6 Å². The molecule has 1 atom stereocenters. The van der Waals surface area contributed by atoms with Crippen molar-refractivity contribution in [2.24, 2.45) is 0 Å². The molecule has 0 N–H and O–H groups in total. The Morgan fingerprint density at radius 1 is 1.19 bits per heavy atom. The standard InChI is InChI=1S/C19H22N4O3/c1-19(2,3)18-21-17(26-22-18)16-14-10-25-15(9-23(14)11-20-16)12-5-7-13(24-4)8-6-12/h5-8,11,15H,9-10H2,1-4H3. The summed E-state index contributed by atoms with van der Waals surface area (Å²) in [7, 11) is 1.66. The van der Waals surface area contributed by atoms with Crippen LogP contribution in [-0.4, -0.2) is 26.8 Å². The maximum absolute atomic E-state index is 6.07. The van der Waals surface area contributed by atoms with Gasteiger partial charge in [0, 0.05) is 5.41 Å². The van der Waals surface area contributed by atoms with Crippen LogP contribution in [0.1, 0.15) is 44.0 Å². The van der Waals surface area contributed by atoms with Gasteiger partial charge in [0.05, 0.1) is 32.3 Å². The Hall–Kier alpha value is -2.67. The van der Waals surface area contributed by atoms with Gasteiger partial charge >= 0.3 is 0 Å². The highest BCUT2D eigenvalue weighted by Gasteiger charge is 2.28. The largest absolute Gasteiger partial charge is 0.497 e. The third-order valence-electron chi connectivity index (χ3n) is 4.52. The zero-order valence-corrected chi connectivity index (χ0v) is 15.4. The number of rotatable bonds is 3. The van der Waals surface area contributed by atoms with Gasteiger partial charge in [-0.15, -0.1) is 0 Å². The van der Waals surface area contributed by atoms with Crippen molar-refractivity contribution in [1.82, 2.24) is 19.7 Å². The van der Waals surface area contributed by atoms with Gasteiger partial charge in [0.1, 0.15) is 11.9 Å². The lowest BCUT2D eigenvalue weighted by Crippen LogP contribution is -2.20. The molecule has 3 aromatic rings. The van der Waals surface area contributed by atoms with Crippen molar-refractivity contribution in [2.45, 2.75) is 45.4 Å². The highest BCUT2D eigenvalue weighted by atomic mass is 16.5. The molecule has 3 heterocycles. The van der Waals surface area contributed by atoms with Gasteiger partial charge in [-0.1, -0.05) is 38.1 Å². The zero-order valence-electron chi connectivity index (χ0n) is 15.4. The molecule has 136 valence electrons. The van der Waals surface area contributed by atoms with Crippen LogP contribution >= 0.6 is 0 Å². The molecule has 7 heteroatoms. The van der Waals surface area contributed by atoms with Gasteiger partial charge in [0.2, 0.25) is 0 Å². The highest BCUT2D eigenvalue weighted by Crippen LogP contribution is 2.32. The average molecular weight is 354 g/mol. The zero-order chi connectivity index (χ0) is 18.3. The second kappa shape index (κ2) is 6.25. The van der Waals surface area contributed by atoms with Crippen molar-refractivity contribution >= 4 is 0 Å². The van der Waals surface area contributed by atoms with Gasteiger partial charge in [0.25, 0.3) is 5.89 Å². The predicted molar refractivity (Wildman–Crippen MR) is 94.7 cm³/mol. The highest BCUT2D eigenvalue weighted by molar-refractivity contribution is 5.51. The molecular formula is C19H22N4O3. The van der Waals surface area contributed by atoms with Gasteiger partial charge in [-0.05, 0) is 17.7 Å². The van der Waals surface area contributed by atoms with Gasteiger partial charge in [-0.3, -0.25) is 0 Å². The topological polar surface area (TPSA) is 75.2 Å². The van der Waals surface area contributed by atoms with E-state index in [-0.39, 0.29) is 11.5 Å². The van der Waals surface area contributed by atoms with E-state index >= 15 is 0 Å². The van der Waals surface area contributed by atoms with E-state index in [0.717, 1.165) is 17.0 Å². The van der Waals surface area contributed by atoms with Gasteiger partial charge < -0.3 is 18.6 Å². The first kappa shape index (κ1) is 16.8. The van der Waals surface area contributed by atoms with Crippen molar-refractivity contribution in [2.75, 3.05) is 7.11 Å². The van der Waals surface area contributed by atoms with E-state index in [1.807, 2.05) is 51.4 Å². The van der Waals surface area contributed by atoms with Crippen molar-refractivity contribution in [1.29, 1.82) is 0 Å². The van der Waals surface area contributed by atoms with Crippen LogP contribution < -0.4 is 4.74 Å². The molecule has 0 spiro atoms. The van der Waals surface area contributed by atoms with Crippen molar-refractivity contribution in [3.05, 3.63) is 47.7 Å². The molecule has 4 rings (SSSR count). The lowest BCUT2D eigenvalue weighted by atomic mass is 9.96. The van der Waals surface area contributed by atoms with E-state index in [1.54, 1.807) is 7.11 Å². The van der Waals surface area contributed by atoms with Gasteiger partial charge in [0.15, 0.2) is 11.5 Å². The Kier molecular flexibility index (Phi) is 4.03. The number of hydrogen-bond donors (Lipinski definition) is 0. The molecule has 7 nitrogen and oxygen atoms in total. The summed E-state index contributed by atoms with van der Waals surface area (Å²) in [6.07, 6.45) is 1.79. The van der Waals surface area contributed by atoms with E-state index in [4.69, 9.17) is 14.0 Å². The maximum atomic E-state index is 6.07. The number of benzene rings is 1. The van der Waals surface area contributed by atoms with E-state index in [1.165, 1.54) is 0 Å². The first-order valence-corrected chi connectivity index (χ1v) is 8.60. The van der Waals surface area contributed by atoms with Gasteiger partial charge in [-0.25, -0.2) is 4.98 Å². The number of nitrogens with zero attached hydrogens (tertiary/aromatic N) is 4. The van der Waals surface area contributed by atoms with E-state index in [2.05, 4.69) is 19.7 Å². The Labute approximate surface area is 152 Å². The Bertz CT molecular complexity index is 906. The molecule has 0 aliphatic carbocycles. The molecule has 1 aliphatic rings. The van der Waals surface area contributed by atoms with Crippen LogP contribution in [0.15, 0.2) is 35.1 Å². The molecule has 0 saturated carbocycles. The van der Waals surface area contributed by atoms with Crippen LogP contribution in [0.5, 0.6) is 5.75 Å². The Morgan fingerprint density at radius 3 is 2.62 bits per heavy atom. The molecule has 1 unspecified atom stereocenters. The minimum Gasteiger partial charge on any atom is -0.497 e. The summed E-state index contributed by atoms with van der Waals surface area (Å²) >= 11 is 0. The summed E-state index contributed by atoms with van der Waals surface area (Å²) in [6, 6.07) is 7.94. The average Bonchev–Trinajstić information content (AvgIpc) is 3.27. The third-order valence-corrected chi connectivity index (χ3v) is 4.52. The van der Waals surface area contributed by atoms with Crippen molar-refractivity contribution in [3.63, 3.8) is 0 Å². The molecule has 0 radical (unpaired) electrons. The second-order valence-electron chi connectivity index (χ2n) is 7.44. The lowest BCUT2D eigenvalue weighted by molar-refractivity contribution is 0.00328. The number of imidazole rings is 1. The predicted octanol–water partition coefficient (Wildman–Crippen LogP) is 3.51. The van der Waals surface area contributed by atoms with Crippen LogP contribution in [-0.2, 0) is 23.3 Å². The number of ether oxygens (including phenoxy) is 2. The molecule has 0 saturated heterocycles. The molecule has 0 amide bonds. The summed E-state index contributed by atoms with van der Waals surface area (Å²) in [4.78, 5) is 8.99. The summed E-state index contributed by atoms with van der Waals surface area (Å²) in [5.74, 6) is 1.94. The fourth-order valence-electron chi connectivity index (χ4n) is 2.95. The van der Waals surface area contributed by atoms with Crippen molar-refractivity contribution < 1.29 is 14.0 Å². The second-order valence-corrected chi connectivity index (χ2v) is 7.44. The monoisotopic (exact) mass is 354 g/mol. The minimum atomic E-state index is -0.169. The molecule has 0 bridgehead atoms.